The van der Waals surface area contributed by atoms with Gasteiger partial charge in [-0.3, -0.25) is 0 Å². The molecule has 1 heterocycles. The standard InChI is InChI=1S/C7H3BF2O2/c8-4-2-1-3-5-6(4)12-7(9,10)11-5/h1-3H. The lowest BCUT2D eigenvalue weighted by Gasteiger charge is -2.04. The summed E-state index contributed by atoms with van der Waals surface area (Å²) in [5.74, 6) is -0.123. The van der Waals surface area contributed by atoms with Gasteiger partial charge in [0.05, 0.1) is 0 Å². The third-order valence-electron chi connectivity index (χ3n) is 1.46. The van der Waals surface area contributed by atoms with Crippen molar-refractivity contribution in [2.45, 2.75) is 6.29 Å². The minimum absolute atomic E-state index is 0.0278. The van der Waals surface area contributed by atoms with Gasteiger partial charge in [0.2, 0.25) is 0 Å². The van der Waals surface area contributed by atoms with E-state index in [9.17, 15) is 8.78 Å². The Morgan fingerprint density at radius 1 is 1.25 bits per heavy atom. The molecule has 0 spiro atoms. The first kappa shape index (κ1) is 7.40. The highest BCUT2D eigenvalue weighted by atomic mass is 19.3. The Labute approximate surface area is 68.5 Å². The van der Waals surface area contributed by atoms with Crippen molar-refractivity contribution < 1.29 is 18.3 Å². The molecule has 12 heavy (non-hydrogen) atoms. The van der Waals surface area contributed by atoms with Crippen LogP contribution in [-0.2, 0) is 0 Å². The Hall–Kier alpha value is -1.26. The minimum atomic E-state index is -3.59. The van der Waals surface area contributed by atoms with E-state index in [1.54, 1.807) is 0 Å². The van der Waals surface area contributed by atoms with Crippen molar-refractivity contribution in [3.63, 3.8) is 0 Å². The van der Waals surface area contributed by atoms with Crippen molar-refractivity contribution in [1.82, 2.24) is 0 Å². The molecule has 0 aliphatic carbocycles. The summed E-state index contributed by atoms with van der Waals surface area (Å²) in [6, 6.07) is 4.34. The highest BCUT2D eigenvalue weighted by Gasteiger charge is 2.43. The van der Waals surface area contributed by atoms with Crippen molar-refractivity contribution in [3.05, 3.63) is 18.2 Å². The van der Waals surface area contributed by atoms with Crippen molar-refractivity contribution in [1.29, 1.82) is 0 Å². The predicted octanol–water partition coefficient (Wildman–Crippen LogP) is 0.802. The quantitative estimate of drug-likeness (QED) is 0.533. The molecular formula is C7H3BF2O2. The Kier molecular flexibility index (Phi) is 1.31. The van der Waals surface area contributed by atoms with Gasteiger partial charge in [0, 0.05) is 0 Å². The molecule has 2 nitrogen and oxygen atoms in total. The number of ether oxygens (including phenoxy) is 2. The average Bonchev–Trinajstić information content (AvgIpc) is 2.25. The fourth-order valence-electron chi connectivity index (χ4n) is 0.990. The fourth-order valence-corrected chi connectivity index (χ4v) is 0.990. The molecule has 2 radical (unpaired) electrons. The van der Waals surface area contributed by atoms with Crippen LogP contribution in [0.4, 0.5) is 8.78 Å². The summed E-state index contributed by atoms with van der Waals surface area (Å²) >= 11 is 0. The van der Waals surface area contributed by atoms with Gasteiger partial charge in [0.15, 0.2) is 11.5 Å². The fraction of sp³-hybridized carbons (Fsp3) is 0.143. The largest absolute Gasteiger partial charge is 0.586 e. The Morgan fingerprint density at radius 3 is 2.67 bits per heavy atom. The number of benzene rings is 1. The van der Waals surface area contributed by atoms with Crippen molar-refractivity contribution in [3.8, 4) is 11.5 Å². The number of hydrogen-bond donors (Lipinski definition) is 0. The van der Waals surface area contributed by atoms with Gasteiger partial charge in [-0.1, -0.05) is 17.6 Å². The highest BCUT2D eigenvalue weighted by Crippen LogP contribution is 2.38. The van der Waals surface area contributed by atoms with E-state index in [2.05, 4.69) is 9.47 Å². The van der Waals surface area contributed by atoms with Crippen LogP contribution in [0.1, 0.15) is 0 Å². The molecule has 0 saturated carbocycles. The molecule has 0 atom stereocenters. The second-order valence-corrected chi connectivity index (χ2v) is 2.34. The van der Waals surface area contributed by atoms with Gasteiger partial charge in [-0.25, -0.2) is 0 Å². The summed E-state index contributed by atoms with van der Waals surface area (Å²) < 4.78 is 33.1. The second kappa shape index (κ2) is 2.12. The average molecular weight is 168 g/mol. The van der Waals surface area contributed by atoms with E-state index in [-0.39, 0.29) is 17.0 Å². The number of hydrogen-bond acceptors (Lipinski definition) is 2. The maximum Gasteiger partial charge on any atom is 0.586 e. The second-order valence-electron chi connectivity index (χ2n) is 2.34. The lowest BCUT2D eigenvalue weighted by molar-refractivity contribution is -0.286. The van der Waals surface area contributed by atoms with Crippen molar-refractivity contribution >= 4 is 13.3 Å². The van der Waals surface area contributed by atoms with Crippen LogP contribution in [0.15, 0.2) is 18.2 Å². The van der Waals surface area contributed by atoms with Crippen LogP contribution in [0.2, 0.25) is 0 Å². The van der Waals surface area contributed by atoms with Crippen LogP contribution < -0.4 is 14.9 Å². The van der Waals surface area contributed by atoms with Crippen molar-refractivity contribution in [2.24, 2.45) is 0 Å². The maximum absolute atomic E-state index is 12.4. The molecule has 1 aliphatic heterocycles. The van der Waals surface area contributed by atoms with E-state index < -0.39 is 6.29 Å². The van der Waals surface area contributed by atoms with Crippen LogP contribution in [0.25, 0.3) is 0 Å². The Bertz CT molecular complexity index is 327. The zero-order chi connectivity index (χ0) is 8.77. The molecule has 0 bridgehead atoms. The maximum atomic E-state index is 12.4. The Morgan fingerprint density at radius 2 is 2.00 bits per heavy atom. The molecule has 0 amide bonds. The van der Waals surface area contributed by atoms with Gasteiger partial charge in [0.25, 0.3) is 0 Å². The number of alkyl halides is 2. The molecule has 0 saturated heterocycles. The molecule has 0 fully saturated rings. The predicted molar refractivity (Wildman–Crippen MR) is 38.0 cm³/mol. The normalized spacial score (nSPS) is 17.8. The van der Waals surface area contributed by atoms with Gasteiger partial charge in [-0.05, 0) is 6.07 Å². The zero-order valence-electron chi connectivity index (χ0n) is 5.88. The smallest absolute Gasteiger partial charge is 0.396 e. The van der Waals surface area contributed by atoms with E-state index in [0.29, 0.717) is 0 Å². The summed E-state index contributed by atoms with van der Waals surface area (Å²) in [5.41, 5.74) is 0.143. The lowest BCUT2D eigenvalue weighted by atomic mass is 9.95. The summed E-state index contributed by atoms with van der Waals surface area (Å²) in [7, 11) is 5.35. The summed E-state index contributed by atoms with van der Waals surface area (Å²) in [6.45, 7) is 0. The van der Waals surface area contributed by atoms with E-state index in [1.165, 1.54) is 18.2 Å². The third kappa shape index (κ3) is 1.01. The van der Waals surface area contributed by atoms with Crippen molar-refractivity contribution in [2.75, 3.05) is 0 Å². The number of fused-ring (bicyclic) bond motifs is 1. The monoisotopic (exact) mass is 168 g/mol. The number of para-hydroxylation sites is 1. The number of halogens is 2. The van der Waals surface area contributed by atoms with Gasteiger partial charge in [-0.15, -0.1) is 8.78 Å². The highest BCUT2D eigenvalue weighted by molar-refractivity contribution is 6.34. The molecule has 0 N–H and O–H groups in total. The summed E-state index contributed by atoms with van der Waals surface area (Å²) in [4.78, 5) is 0. The van der Waals surface area contributed by atoms with E-state index >= 15 is 0 Å². The van der Waals surface area contributed by atoms with E-state index in [4.69, 9.17) is 7.85 Å². The zero-order valence-corrected chi connectivity index (χ0v) is 5.88. The van der Waals surface area contributed by atoms with Crippen LogP contribution in [0.5, 0.6) is 11.5 Å². The molecule has 1 aliphatic rings. The molecule has 1 aromatic rings. The van der Waals surface area contributed by atoms with Crippen LogP contribution in [-0.4, -0.2) is 14.1 Å². The van der Waals surface area contributed by atoms with Crippen LogP contribution in [0, 0.1) is 0 Å². The molecule has 2 rings (SSSR count). The van der Waals surface area contributed by atoms with Gasteiger partial charge in [-0.2, -0.15) is 0 Å². The van der Waals surface area contributed by atoms with E-state index in [0.717, 1.165) is 0 Å². The van der Waals surface area contributed by atoms with Gasteiger partial charge >= 0.3 is 6.29 Å². The van der Waals surface area contributed by atoms with Gasteiger partial charge in [0.1, 0.15) is 7.85 Å². The van der Waals surface area contributed by atoms with Crippen LogP contribution >= 0.6 is 0 Å². The molecule has 1 aromatic carbocycles. The van der Waals surface area contributed by atoms with E-state index in [1.807, 2.05) is 0 Å². The first-order valence-corrected chi connectivity index (χ1v) is 3.23. The molecular weight excluding hydrogens is 165 g/mol. The first-order valence-electron chi connectivity index (χ1n) is 3.23. The summed E-state index contributed by atoms with van der Waals surface area (Å²) in [6.07, 6.45) is -3.59. The first-order chi connectivity index (χ1) is 5.58. The summed E-state index contributed by atoms with van der Waals surface area (Å²) in [5, 5.41) is 0. The molecule has 5 heteroatoms. The topological polar surface area (TPSA) is 18.5 Å². The minimum Gasteiger partial charge on any atom is -0.396 e. The molecule has 0 unspecified atom stereocenters. The Balaban J connectivity index is 2.48. The SMILES string of the molecule is [B]c1cccc2c1OC(F)(F)O2. The van der Waals surface area contributed by atoms with Gasteiger partial charge < -0.3 is 9.47 Å². The lowest BCUT2D eigenvalue weighted by Crippen LogP contribution is -2.26. The molecule has 60 valence electrons. The third-order valence-corrected chi connectivity index (χ3v) is 1.46. The number of rotatable bonds is 0. The van der Waals surface area contributed by atoms with Crippen LogP contribution in [0.3, 0.4) is 0 Å². The molecule has 0 aromatic heterocycles.